The summed E-state index contributed by atoms with van der Waals surface area (Å²) in [5.74, 6) is -0.698. The second-order valence-electron chi connectivity index (χ2n) is 7.16. The molecule has 0 atom stereocenters. The quantitative estimate of drug-likeness (QED) is 0.546. The van der Waals surface area contributed by atoms with Gasteiger partial charge in [0, 0.05) is 24.7 Å². The average Bonchev–Trinajstić information content (AvgIpc) is 3.00. The highest BCUT2D eigenvalue weighted by Gasteiger charge is 2.07. The van der Waals surface area contributed by atoms with Gasteiger partial charge in [0.15, 0.2) is 0 Å². The number of carbonyl (C=O) groups is 1. The molecule has 0 saturated carbocycles. The first-order valence-electron chi connectivity index (χ1n) is 9.39. The van der Waals surface area contributed by atoms with Crippen molar-refractivity contribution in [1.82, 2.24) is 4.57 Å². The van der Waals surface area contributed by atoms with Crippen molar-refractivity contribution >= 4 is 16.9 Å². The average molecular weight is 349 g/mol. The Balaban J connectivity index is 1.73. The van der Waals surface area contributed by atoms with Gasteiger partial charge in [0.2, 0.25) is 0 Å². The first kappa shape index (κ1) is 18.2. The minimum Gasteiger partial charge on any atom is -0.481 e. The van der Waals surface area contributed by atoms with Crippen LogP contribution in [0.15, 0.2) is 48.7 Å². The summed E-state index contributed by atoms with van der Waals surface area (Å²) in [6, 6.07) is 15.3. The zero-order chi connectivity index (χ0) is 18.5. The van der Waals surface area contributed by atoms with E-state index in [2.05, 4.69) is 67.1 Å². The van der Waals surface area contributed by atoms with Crippen LogP contribution in [-0.2, 0) is 17.8 Å². The lowest BCUT2D eigenvalue weighted by Gasteiger charge is -2.12. The van der Waals surface area contributed by atoms with Gasteiger partial charge in [-0.3, -0.25) is 4.79 Å². The number of aryl methyl sites for hydroxylation is 3. The second kappa shape index (κ2) is 8.22. The summed E-state index contributed by atoms with van der Waals surface area (Å²) in [4.78, 5) is 10.6. The summed E-state index contributed by atoms with van der Waals surface area (Å²) in [5, 5.41) is 9.98. The molecular formula is C23H27NO2. The summed E-state index contributed by atoms with van der Waals surface area (Å²) >= 11 is 0. The maximum atomic E-state index is 10.6. The van der Waals surface area contributed by atoms with Gasteiger partial charge < -0.3 is 9.67 Å². The van der Waals surface area contributed by atoms with Crippen molar-refractivity contribution < 1.29 is 9.90 Å². The lowest BCUT2D eigenvalue weighted by Crippen LogP contribution is -2.02. The fourth-order valence-corrected chi connectivity index (χ4v) is 3.57. The number of hydrogen-bond acceptors (Lipinski definition) is 1. The fraction of sp³-hybridized carbons (Fsp3) is 0.348. The number of aromatic nitrogens is 1. The summed E-state index contributed by atoms with van der Waals surface area (Å²) in [5.41, 5.74) is 6.66. The number of aliphatic carboxylic acids is 1. The molecule has 1 heterocycles. The van der Waals surface area contributed by atoms with Crippen LogP contribution < -0.4 is 0 Å². The molecule has 0 saturated heterocycles. The summed E-state index contributed by atoms with van der Waals surface area (Å²) < 4.78 is 2.33. The van der Waals surface area contributed by atoms with Crippen LogP contribution in [-0.4, -0.2) is 15.6 Å². The van der Waals surface area contributed by atoms with Gasteiger partial charge >= 0.3 is 5.97 Å². The van der Waals surface area contributed by atoms with Gasteiger partial charge in [-0.05, 0) is 72.9 Å². The minimum absolute atomic E-state index is 0.275. The number of carboxylic acid groups (broad SMARTS) is 1. The molecule has 0 aliphatic rings. The first-order chi connectivity index (χ1) is 12.5. The number of fused-ring (bicyclic) bond motifs is 1. The van der Waals surface area contributed by atoms with Crippen molar-refractivity contribution in [2.24, 2.45) is 0 Å². The van der Waals surface area contributed by atoms with Crippen LogP contribution in [0.2, 0.25) is 0 Å². The van der Waals surface area contributed by atoms with E-state index in [0.29, 0.717) is 0 Å². The van der Waals surface area contributed by atoms with Crippen molar-refractivity contribution in [2.45, 2.75) is 52.5 Å². The molecule has 0 aliphatic heterocycles. The summed E-state index contributed by atoms with van der Waals surface area (Å²) in [6.07, 6.45) is 6.22. The molecular weight excluding hydrogens is 322 g/mol. The lowest BCUT2D eigenvalue weighted by molar-refractivity contribution is -0.137. The maximum absolute atomic E-state index is 10.6. The highest BCUT2D eigenvalue weighted by atomic mass is 16.4. The van der Waals surface area contributed by atoms with Crippen molar-refractivity contribution in [3.8, 4) is 0 Å². The maximum Gasteiger partial charge on any atom is 0.303 e. The molecule has 1 N–H and O–H groups in total. The van der Waals surface area contributed by atoms with Crippen LogP contribution >= 0.6 is 0 Å². The molecule has 0 fully saturated rings. The predicted octanol–water partition coefficient (Wildman–Crippen LogP) is 5.49. The normalized spacial score (nSPS) is 11.2. The Labute approximate surface area is 155 Å². The third-order valence-electron chi connectivity index (χ3n) is 5.17. The van der Waals surface area contributed by atoms with Crippen molar-refractivity contribution in [2.75, 3.05) is 0 Å². The Morgan fingerprint density at radius 3 is 2.50 bits per heavy atom. The number of rotatable bonds is 8. The lowest BCUT2D eigenvalue weighted by atomic mass is 10.0. The molecule has 3 heteroatoms. The van der Waals surface area contributed by atoms with Crippen molar-refractivity contribution in [1.29, 1.82) is 0 Å². The van der Waals surface area contributed by atoms with E-state index >= 15 is 0 Å². The second-order valence-corrected chi connectivity index (χ2v) is 7.16. The summed E-state index contributed by atoms with van der Waals surface area (Å²) in [7, 11) is 0. The van der Waals surface area contributed by atoms with Crippen LogP contribution in [0.3, 0.4) is 0 Å². The molecule has 0 spiro atoms. The van der Waals surface area contributed by atoms with Gasteiger partial charge in [0.05, 0.1) is 0 Å². The van der Waals surface area contributed by atoms with E-state index in [-0.39, 0.29) is 6.42 Å². The molecule has 0 radical (unpaired) electrons. The topological polar surface area (TPSA) is 42.2 Å². The van der Waals surface area contributed by atoms with Gasteiger partial charge in [-0.1, -0.05) is 36.8 Å². The van der Waals surface area contributed by atoms with E-state index in [4.69, 9.17) is 5.11 Å². The van der Waals surface area contributed by atoms with Crippen LogP contribution in [0.25, 0.3) is 10.9 Å². The molecule has 26 heavy (non-hydrogen) atoms. The van der Waals surface area contributed by atoms with Gasteiger partial charge in [-0.15, -0.1) is 0 Å². The predicted molar refractivity (Wildman–Crippen MR) is 107 cm³/mol. The molecule has 136 valence electrons. The third kappa shape index (κ3) is 4.34. The van der Waals surface area contributed by atoms with Gasteiger partial charge in [-0.25, -0.2) is 0 Å². The molecule has 2 aromatic carbocycles. The van der Waals surface area contributed by atoms with Crippen LogP contribution in [0.1, 0.15) is 47.9 Å². The van der Waals surface area contributed by atoms with E-state index in [1.807, 2.05) is 0 Å². The highest BCUT2D eigenvalue weighted by Crippen LogP contribution is 2.22. The molecule has 0 bridgehead atoms. The van der Waals surface area contributed by atoms with Crippen molar-refractivity contribution in [3.05, 3.63) is 70.9 Å². The monoisotopic (exact) mass is 349 g/mol. The van der Waals surface area contributed by atoms with E-state index in [1.54, 1.807) is 0 Å². The zero-order valence-corrected chi connectivity index (χ0v) is 15.7. The number of nitrogens with zero attached hydrogens (tertiary/aromatic N) is 1. The molecule has 0 amide bonds. The molecule has 3 rings (SSSR count). The van der Waals surface area contributed by atoms with Crippen LogP contribution in [0.5, 0.6) is 0 Å². The van der Waals surface area contributed by atoms with E-state index in [9.17, 15) is 4.79 Å². The Morgan fingerprint density at radius 1 is 1.00 bits per heavy atom. The fourth-order valence-electron chi connectivity index (χ4n) is 3.57. The molecule has 3 aromatic rings. The number of benzene rings is 2. The number of unbranched alkanes of at least 4 members (excludes halogenated alkanes) is 2. The Morgan fingerprint density at radius 2 is 1.77 bits per heavy atom. The van der Waals surface area contributed by atoms with Crippen molar-refractivity contribution in [3.63, 3.8) is 0 Å². The van der Waals surface area contributed by atoms with Gasteiger partial charge in [-0.2, -0.15) is 0 Å². The molecule has 0 unspecified atom stereocenters. The number of carboxylic acids is 1. The Kier molecular flexibility index (Phi) is 5.77. The van der Waals surface area contributed by atoms with Gasteiger partial charge in [0.1, 0.15) is 0 Å². The van der Waals surface area contributed by atoms with Crippen LogP contribution in [0, 0.1) is 13.8 Å². The minimum atomic E-state index is -0.698. The highest BCUT2D eigenvalue weighted by molar-refractivity contribution is 5.81. The van der Waals surface area contributed by atoms with Gasteiger partial charge in [0.25, 0.3) is 0 Å². The SMILES string of the molecule is Cc1cccc(C)c1Cn1ccc2ccc(CCCCCC(=O)O)cc21. The number of hydrogen-bond donors (Lipinski definition) is 1. The zero-order valence-electron chi connectivity index (χ0n) is 15.7. The third-order valence-corrected chi connectivity index (χ3v) is 5.17. The Bertz CT molecular complexity index is 887. The van der Waals surface area contributed by atoms with E-state index in [1.165, 1.54) is 33.2 Å². The van der Waals surface area contributed by atoms with E-state index < -0.39 is 5.97 Å². The first-order valence-corrected chi connectivity index (χ1v) is 9.39. The smallest absolute Gasteiger partial charge is 0.303 e. The summed E-state index contributed by atoms with van der Waals surface area (Å²) in [6.45, 7) is 5.25. The molecule has 0 aliphatic carbocycles. The largest absolute Gasteiger partial charge is 0.481 e. The van der Waals surface area contributed by atoms with E-state index in [0.717, 1.165) is 32.2 Å². The standard InChI is InChI=1S/C23H27NO2/c1-17-7-6-8-18(2)21(17)16-24-14-13-20-12-11-19(15-22(20)24)9-4-3-5-10-23(25)26/h6-8,11-15H,3-5,9-10,16H2,1-2H3,(H,25,26). The Hall–Kier alpha value is -2.55. The molecule has 3 nitrogen and oxygen atoms in total. The molecule has 1 aromatic heterocycles. The van der Waals surface area contributed by atoms with Crippen LogP contribution in [0.4, 0.5) is 0 Å².